The molecule has 0 heterocycles. The van der Waals surface area contributed by atoms with Crippen molar-refractivity contribution in [3.63, 3.8) is 0 Å². The smallest absolute Gasteiger partial charge is 0.0953 e. The van der Waals surface area contributed by atoms with Crippen LogP contribution in [-0.2, 0) is 11.2 Å². The maximum absolute atomic E-state index is 5.55. The maximum atomic E-state index is 5.55. The van der Waals surface area contributed by atoms with Crippen LogP contribution < -0.4 is 4.90 Å². The Balaban J connectivity index is 2.52. The molecule has 1 aromatic carbocycles. The summed E-state index contributed by atoms with van der Waals surface area (Å²) in [5, 5.41) is 0. The van der Waals surface area contributed by atoms with Crippen LogP contribution in [0, 0.1) is 0 Å². The fourth-order valence-electron chi connectivity index (χ4n) is 2.43. The molecule has 0 bridgehead atoms. The third-order valence-corrected chi connectivity index (χ3v) is 3.58. The van der Waals surface area contributed by atoms with Gasteiger partial charge < -0.3 is 9.64 Å². The SMILES string of the molecule is CC=COC(C)CCc1ccc(N(CCC)CCC)cc1. The zero-order valence-electron chi connectivity index (χ0n) is 14.1. The molecule has 0 N–H and O–H groups in total. The number of ether oxygens (including phenoxy) is 1. The second-order valence-electron chi connectivity index (χ2n) is 5.61. The van der Waals surface area contributed by atoms with Gasteiger partial charge >= 0.3 is 0 Å². The van der Waals surface area contributed by atoms with Crippen molar-refractivity contribution < 1.29 is 4.74 Å². The van der Waals surface area contributed by atoms with Crippen molar-refractivity contribution in [1.29, 1.82) is 0 Å². The van der Waals surface area contributed by atoms with Crippen LogP contribution in [0.4, 0.5) is 5.69 Å². The summed E-state index contributed by atoms with van der Waals surface area (Å²) >= 11 is 0. The summed E-state index contributed by atoms with van der Waals surface area (Å²) in [6, 6.07) is 9.04. The molecule has 21 heavy (non-hydrogen) atoms. The van der Waals surface area contributed by atoms with E-state index in [-0.39, 0.29) is 6.10 Å². The number of hydrogen-bond acceptors (Lipinski definition) is 2. The van der Waals surface area contributed by atoms with E-state index in [1.807, 2.05) is 13.0 Å². The van der Waals surface area contributed by atoms with Crippen LogP contribution in [0.25, 0.3) is 0 Å². The lowest BCUT2D eigenvalue weighted by molar-refractivity contribution is 0.153. The molecule has 0 amide bonds. The van der Waals surface area contributed by atoms with E-state index in [0.29, 0.717) is 0 Å². The molecule has 118 valence electrons. The molecule has 0 aliphatic rings. The first-order chi connectivity index (χ1) is 10.2. The van der Waals surface area contributed by atoms with Crippen molar-refractivity contribution in [2.75, 3.05) is 18.0 Å². The second-order valence-corrected chi connectivity index (χ2v) is 5.61. The van der Waals surface area contributed by atoms with E-state index in [1.165, 1.54) is 24.1 Å². The third-order valence-electron chi connectivity index (χ3n) is 3.58. The lowest BCUT2D eigenvalue weighted by atomic mass is 10.1. The number of rotatable bonds is 10. The van der Waals surface area contributed by atoms with E-state index < -0.39 is 0 Å². The van der Waals surface area contributed by atoms with E-state index in [1.54, 1.807) is 6.26 Å². The van der Waals surface area contributed by atoms with Crippen molar-refractivity contribution in [1.82, 2.24) is 0 Å². The predicted molar refractivity (Wildman–Crippen MR) is 92.9 cm³/mol. The highest BCUT2D eigenvalue weighted by Gasteiger charge is 2.05. The Hall–Kier alpha value is -1.44. The van der Waals surface area contributed by atoms with E-state index in [4.69, 9.17) is 4.74 Å². The molecular weight excluding hydrogens is 258 g/mol. The minimum Gasteiger partial charge on any atom is -0.499 e. The van der Waals surface area contributed by atoms with Crippen molar-refractivity contribution in [2.24, 2.45) is 0 Å². The van der Waals surface area contributed by atoms with Gasteiger partial charge in [0.2, 0.25) is 0 Å². The Morgan fingerprint density at radius 1 is 1.10 bits per heavy atom. The van der Waals surface area contributed by atoms with Gasteiger partial charge in [0.25, 0.3) is 0 Å². The van der Waals surface area contributed by atoms with Crippen LogP contribution >= 0.6 is 0 Å². The maximum Gasteiger partial charge on any atom is 0.0953 e. The molecule has 0 spiro atoms. The van der Waals surface area contributed by atoms with E-state index in [0.717, 1.165) is 25.9 Å². The van der Waals surface area contributed by atoms with Crippen LogP contribution in [0.15, 0.2) is 36.6 Å². The summed E-state index contributed by atoms with van der Waals surface area (Å²) in [4.78, 5) is 2.47. The van der Waals surface area contributed by atoms with Gasteiger partial charge in [-0.05, 0) is 57.2 Å². The Kier molecular flexibility index (Phi) is 8.65. The van der Waals surface area contributed by atoms with Crippen LogP contribution in [0.1, 0.15) is 52.5 Å². The molecule has 0 aliphatic carbocycles. The minimum atomic E-state index is 0.276. The summed E-state index contributed by atoms with van der Waals surface area (Å²) in [5.41, 5.74) is 2.74. The number of nitrogens with zero attached hydrogens (tertiary/aromatic N) is 1. The molecule has 0 aromatic heterocycles. The number of hydrogen-bond donors (Lipinski definition) is 0. The van der Waals surface area contributed by atoms with Crippen LogP contribution in [0.2, 0.25) is 0 Å². The summed E-state index contributed by atoms with van der Waals surface area (Å²) in [5.74, 6) is 0. The minimum absolute atomic E-state index is 0.276. The van der Waals surface area contributed by atoms with Gasteiger partial charge in [-0.15, -0.1) is 0 Å². The van der Waals surface area contributed by atoms with E-state index in [2.05, 4.69) is 49.9 Å². The van der Waals surface area contributed by atoms with Gasteiger partial charge in [0, 0.05) is 18.8 Å². The Morgan fingerprint density at radius 3 is 2.24 bits per heavy atom. The van der Waals surface area contributed by atoms with Gasteiger partial charge in [0.1, 0.15) is 0 Å². The highest BCUT2D eigenvalue weighted by molar-refractivity contribution is 5.47. The zero-order chi connectivity index (χ0) is 15.5. The molecule has 0 saturated heterocycles. The lowest BCUT2D eigenvalue weighted by Gasteiger charge is -2.24. The molecule has 0 aliphatic heterocycles. The Bertz CT molecular complexity index is 391. The molecule has 0 saturated carbocycles. The van der Waals surface area contributed by atoms with Crippen molar-refractivity contribution in [2.45, 2.75) is 59.5 Å². The first-order valence-electron chi connectivity index (χ1n) is 8.31. The van der Waals surface area contributed by atoms with Crippen LogP contribution in [-0.4, -0.2) is 19.2 Å². The average molecular weight is 289 g/mol. The van der Waals surface area contributed by atoms with E-state index >= 15 is 0 Å². The summed E-state index contributed by atoms with van der Waals surface area (Å²) in [6.45, 7) is 10.9. The Morgan fingerprint density at radius 2 is 1.71 bits per heavy atom. The van der Waals surface area contributed by atoms with Gasteiger partial charge in [0.05, 0.1) is 12.4 Å². The molecule has 1 atom stereocenters. The van der Waals surface area contributed by atoms with Crippen molar-refractivity contribution in [3.05, 3.63) is 42.2 Å². The highest BCUT2D eigenvalue weighted by atomic mass is 16.5. The fraction of sp³-hybridized carbons (Fsp3) is 0.579. The molecule has 1 unspecified atom stereocenters. The average Bonchev–Trinajstić information content (AvgIpc) is 2.51. The topological polar surface area (TPSA) is 12.5 Å². The summed E-state index contributed by atoms with van der Waals surface area (Å²) in [7, 11) is 0. The largest absolute Gasteiger partial charge is 0.499 e. The van der Waals surface area contributed by atoms with Gasteiger partial charge in [-0.1, -0.05) is 32.1 Å². The van der Waals surface area contributed by atoms with Gasteiger partial charge in [-0.25, -0.2) is 0 Å². The van der Waals surface area contributed by atoms with Crippen molar-refractivity contribution in [3.8, 4) is 0 Å². The second kappa shape index (κ2) is 10.3. The first-order valence-corrected chi connectivity index (χ1v) is 8.31. The van der Waals surface area contributed by atoms with Crippen LogP contribution in [0.5, 0.6) is 0 Å². The molecule has 1 aromatic rings. The molecule has 1 rings (SSSR count). The Labute approximate surface area is 130 Å². The van der Waals surface area contributed by atoms with E-state index in [9.17, 15) is 0 Å². The molecule has 0 radical (unpaired) electrons. The third kappa shape index (κ3) is 6.70. The fourth-order valence-corrected chi connectivity index (χ4v) is 2.43. The number of aryl methyl sites for hydroxylation is 1. The standard InChI is InChI=1S/C19H31NO/c1-5-14-20(15-6-2)19-12-10-18(11-13-19)9-8-17(4)21-16-7-3/h7,10-13,16-17H,5-6,8-9,14-15H2,1-4H3. The normalized spacial score (nSPS) is 12.6. The molecular formula is C19H31NO. The summed E-state index contributed by atoms with van der Waals surface area (Å²) < 4.78 is 5.55. The van der Waals surface area contributed by atoms with Gasteiger partial charge in [-0.2, -0.15) is 0 Å². The first kappa shape index (κ1) is 17.6. The number of benzene rings is 1. The monoisotopic (exact) mass is 289 g/mol. The zero-order valence-corrected chi connectivity index (χ0v) is 14.1. The van der Waals surface area contributed by atoms with Gasteiger partial charge in [-0.3, -0.25) is 0 Å². The predicted octanol–water partition coefficient (Wildman–Crippen LogP) is 5.18. The highest BCUT2D eigenvalue weighted by Crippen LogP contribution is 2.17. The number of anilines is 1. The number of allylic oxidation sites excluding steroid dienone is 1. The van der Waals surface area contributed by atoms with Crippen molar-refractivity contribution >= 4 is 5.69 Å². The summed E-state index contributed by atoms with van der Waals surface area (Å²) in [6.07, 6.45) is 8.50. The lowest BCUT2D eigenvalue weighted by Crippen LogP contribution is -2.24. The molecule has 0 fully saturated rings. The molecule has 2 heteroatoms. The quantitative estimate of drug-likeness (QED) is 0.550. The molecule has 2 nitrogen and oxygen atoms in total. The van der Waals surface area contributed by atoms with Gasteiger partial charge in [0.15, 0.2) is 0 Å². The van der Waals surface area contributed by atoms with Crippen LogP contribution in [0.3, 0.4) is 0 Å².